The third kappa shape index (κ3) is 36.2. The lowest BCUT2D eigenvalue weighted by Gasteiger charge is -2.23. The lowest BCUT2D eigenvalue weighted by atomic mass is 10.0. The number of unbranched alkanes of at least 4 members (excludes halogenated alkanes) is 23. The van der Waals surface area contributed by atoms with Gasteiger partial charge in [-0.1, -0.05) is 155 Å². The number of amides is 2. The first kappa shape index (κ1) is 51.1. The van der Waals surface area contributed by atoms with Crippen molar-refractivity contribution in [3.63, 3.8) is 0 Å². The lowest BCUT2D eigenvalue weighted by molar-refractivity contribution is -0.132. The van der Waals surface area contributed by atoms with Gasteiger partial charge in [0.15, 0.2) is 5.96 Å². The highest BCUT2D eigenvalue weighted by molar-refractivity contribution is 5.85. The minimum absolute atomic E-state index is 0.0724. The van der Waals surface area contributed by atoms with Crippen LogP contribution in [0.2, 0.25) is 0 Å². The fourth-order valence-corrected chi connectivity index (χ4v) is 7.22. The molecule has 6 N–H and O–H groups in total. The minimum atomic E-state index is -0.0933. The van der Waals surface area contributed by atoms with E-state index in [0.29, 0.717) is 0 Å². The molecule has 2 amide bonds. The van der Waals surface area contributed by atoms with E-state index in [0.717, 1.165) is 104 Å². The average molecular weight is 777 g/mol. The maximum atomic E-state index is 13.2. The number of guanidine groups is 1. The summed E-state index contributed by atoms with van der Waals surface area (Å²) in [7, 11) is 0. The molecule has 324 valence electrons. The topological polar surface area (TPSA) is 122 Å². The van der Waals surface area contributed by atoms with Crippen LogP contribution in [0.25, 0.3) is 0 Å². The summed E-state index contributed by atoms with van der Waals surface area (Å²) in [5.41, 5.74) is 0. The number of nitrogens with one attached hydrogen (secondary N) is 6. The Bertz CT molecular complexity index is 846. The highest BCUT2D eigenvalue weighted by atomic mass is 16.2. The summed E-state index contributed by atoms with van der Waals surface area (Å²) in [6.45, 7) is 14.2. The molecular weight excluding hydrogens is 685 g/mol. The van der Waals surface area contributed by atoms with Crippen molar-refractivity contribution < 1.29 is 9.59 Å². The van der Waals surface area contributed by atoms with Gasteiger partial charge in [-0.3, -0.25) is 14.6 Å². The number of carbonyl (C=O) groups is 2. The fourth-order valence-electron chi connectivity index (χ4n) is 7.22. The van der Waals surface area contributed by atoms with Gasteiger partial charge in [-0.15, -0.1) is 0 Å². The molecule has 55 heavy (non-hydrogen) atoms. The molecule has 1 aliphatic rings. The summed E-state index contributed by atoms with van der Waals surface area (Å²) >= 11 is 0. The van der Waals surface area contributed by atoms with Gasteiger partial charge in [0.05, 0.1) is 19.6 Å². The molecule has 0 saturated carbocycles. The Hall–Kier alpha value is -1.91. The van der Waals surface area contributed by atoms with Crippen LogP contribution in [0.15, 0.2) is 4.99 Å². The summed E-state index contributed by atoms with van der Waals surface area (Å²) in [5, 5.41) is 19.7. The standard InChI is InChI=1S/C45H92N8O2/c1-3-5-7-9-11-13-15-17-19-21-23-27-39-53(40-28-24-22-20-18-16-14-12-10-8-6-4-2)44(55)42-52-43(54)41-48-35-29-33-46-31-25-26-32-47-34-30-36-49-45-50-37-38-51-45/h46-48H,3-42H2,1-2H3,(H,52,54)(H2,49,50,51). The van der Waals surface area contributed by atoms with Gasteiger partial charge in [0.1, 0.15) is 0 Å². The zero-order chi connectivity index (χ0) is 39.5. The molecule has 0 spiro atoms. The Morgan fingerprint density at radius 3 is 1.38 bits per heavy atom. The Morgan fingerprint density at radius 1 is 0.509 bits per heavy atom. The van der Waals surface area contributed by atoms with Crippen LogP contribution < -0.4 is 31.9 Å². The largest absolute Gasteiger partial charge is 0.356 e. The van der Waals surface area contributed by atoms with Gasteiger partial charge < -0.3 is 36.8 Å². The van der Waals surface area contributed by atoms with E-state index in [4.69, 9.17) is 0 Å². The van der Waals surface area contributed by atoms with Crippen molar-refractivity contribution in [2.24, 2.45) is 4.99 Å². The number of hydrogen-bond acceptors (Lipinski definition) is 8. The quantitative estimate of drug-likeness (QED) is 0.0346. The van der Waals surface area contributed by atoms with E-state index in [2.05, 4.69) is 50.7 Å². The number of rotatable bonds is 43. The molecule has 1 heterocycles. The smallest absolute Gasteiger partial charge is 0.241 e. The zero-order valence-electron chi connectivity index (χ0n) is 36.5. The molecule has 0 fully saturated rings. The normalized spacial score (nSPS) is 12.5. The van der Waals surface area contributed by atoms with Gasteiger partial charge in [0.25, 0.3) is 0 Å². The van der Waals surface area contributed by atoms with Crippen molar-refractivity contribution in [3.05, 3.63) is 0 Å². The summed E-state index contributed by atoms with van der Waals surface area (Å²) in [5.74, 6) is 0.922. The van der Waals surface area contributed by atoms with E-state index in [1.165, 1.54) is 148 Å². The maximum Gasteiger partial charge on any atom is 0.241 e. The van der Waals surface area contributed by atoms with E-state index in [-0.39, 0.29) is 24.9 Å². The molecule has 0 aromatic carbocycles. The first-order valence-corrected chi connectivity index (χ1v) is 23.9. The number of nitrogens with zero attached hydrogens (tertiary/aromatic N) is 2. The molecule has 0 bridgehead atoms. The number of aliphatic imine (C=N–C) groups is 1. The van der Waals surface area contributed by atoms with Crippen molar-refractivity contribution >= 4 is 17.8 Å². The second-order valence-corrected chi connectivity index (χ2v) is 16.1. The molecule has 0 aromatic rings. The molecule has 0 radical (unpaired) electrons. The first-order valence-electron chi connectivity index (χ1n) is 23.9. The van der Waals surface area contributed by atoms with Crippen LogP contribution in [-0.4, -0.2) is 101 Å². The molecule has 1 rings (SSSR count). The van der Waals surface area contributed by atoms with Crippen LogP contribution in [0, 0.1) is 0 Å². The first-order chi connectivity index (χ1) is 27.2. The Morgan fingerprint density at radius 2 is 0.927 bits per heavy atom. The van der Waals surface area contributed by atoms with Gasteiger partial charge in [-0.2, -0.15) is 0 Å². The van der Waals surface area contributed by atoms with Crippen LogP contribution >= 0.6 is 0 Å². The Kier molecular flexibility index (Phi) is 38.8. The van der Waals surface area contributed by atoms with Crippen LogP contribution in [0.3, 0.4) is 0 Å². The summed E-state index contributed by atoms with van der Waals surface area (Å²) in [6, 6.07) is 0. The molecular formula is C45H92N8O2. The summed E-state index contributed by atoms with van der Waals surface area (Å²) in [6.07, 6.45) is 36.1. The Balaban J connectivity index is 2.12. The number of carbonyl (C=O) groups excluding carboxylic acids is 2. The van der Waals surface area contributed by atoms with Crippen LogP contribution in [0.1, 0.15) is 194 Å². The number of hydrogen-bond donors (Lipinski definition) is 6. The van der Waals surface area contributed by atoms with E-state index < -0.39 is 0 Å². The zero-order valence-corrected chi connectivity index (χ0v) is 36.5. The Labute approximate surface area is 340 Å². The van der Waals surface area contributed by atoms with Crippen molar-refractivity contribution in [3.8, 4) is 0 Å². The molecule has 10 heteroatoms. The third-order valence-corrected chi connectivity index (χ3v) is 10.8. The van der Waals surface area contributed by atoms with Crippen LogP contribution in [0.4, 0.5) is 0 Å². The highest BCUT2D eigenvalue weighted by Crippen LogP contribution is 2.14. The molecule has 0 aromatic heterocycles. The fraction of sp³-hybridized carbons (Fsp3) is 0.933. The van der Waals surface area contributed by atoms with E-state index >= 15 is 0 Å². The summed E-state index contributed by atoms with van der Waals surface area (Å²) < 4.78 is 0. The third-order valence-electron chi connectivity index (χ3n) is 10.8. The lowest BCUT2D eigenvalue weighted by Crippen LogP contribution is -2.43. The molecule has 0 atom stereocenters. The monoisotopic (exact) mass is 777 g/mol. The predicted molar refractivity (Wildman–Crippen MR) is 237 cm³/mol. The second-order valence-electron chi connectivity index (χ2n) is 16.1. The van der Waals surface area contributed by atoms with Gasteiger partial charge in [0.2, 0.25) is 11.8 Å². The SMILES string of the molecule is CCCCCCCCCCCCCCN(CCCCCCCCCCCCCC)C(=O)CNC(=O)CNCCCNCCCCNCCCNC1=NCCN1. The molecule has 10 nitrogen and oxygen atoms in total. The molecule has 0 aliphatic carbocycles. The molecule has 0 saturated heterocycles. The average Bonchev–Trinajstić information content (AvgIpc) is 3.72. The molecule has 1 aliphatic heterocycles. The van der Waals surface area contributed by atoms with Gasteiger partial charge in [-0.25, -0.2) is 0 Å². The van der Waals surface area contributed by atoms with Crippen molar-refractivity contribution in [1.29, 1.82) is 0 Å². The second kappa shape index (κ2) is 41.7. The van der Waals surface area contributed by atoms with Crippen molar-refractivity contribution in [1.82, 2.24) is 36.8 Å². The van der Waals surface area contributed by atoms with Gasteiger partial charge in [-0.05, 0) is 71.2 Å². The molecule has 0 unspecified atom stereocenters. The predicted octanol–water partition coefficient (Wildman–Crippen LogP) is 8.21. The van der Waals surface area contributed by atoms with Gasteiger partial charge >= 0.3 is 0 Å². The van der Waals surface area contributed by atoms with E-state index in [9.17, 15) is 9.59 Å². The van der Waals surface area contributed by atoms with E-state index in [1.54, 1.807) is 0 Å². The minimum Gasteiger partial charge on any atom is -0.356 e. The van der Waals surface area contributed by atoms with Gasteiger partial charge in [0, 0.05) is 26.2 Å². The van der Waals surface area contributed by atoms with E-state index in [1.807, 2.05) is 4.90 Å². The van der Waals surface area contributed by atoms with Crippen molar-refractivity contribution in [2.45, 2.75) is 194 Å². The summed E-state index contributed by atoms with van der Waals surface area (Å²) in [4.78, 5) is 32.1. The maximum absolute atomic E-state index is 13.2. The van der Waals surface area contributed by atoms with Crippen LogP contribution in [-0.2, 0) is 9.59 Å². The highest BCUT2D eigenvalue weighted by Gasteiger charge is 2.14. The van der Waals surface area contributed by atoms with Crippen LogP contribution in [0.5, 0.6) is 0 Å². The van der Waals surface area contributed by atoms with Crippen molar-refractivity contribution in [2.75, 3.05) is 78.5 Å².